The van der Waals surface area contributed by atoms with Gasteiger partial charge in [0, 0.05) is 31.5 Å². The number of aryl methyl sites for hydroxylation is 1. The van der Waals surface area contributed by atoms with Crippen molar-refractivity contribution in [2.75, 3.05) is 18.5 Å². The van der Waals surface area contributed by atoms with Crippen LogP contribution in [0.25, 0.3) is 0 Å². The number of imidazole rings is 1. The van der Waals surface area contributed by atoms with E-state index in [1.54, 1.807) is 0 Å². The minimum absolute atomic E-state index is 0.315. The van der Waals surface area contributed by atoms with Crippen LogP contribution >= 0.6 is 0 Å². The Balaban J connectivity index is 2.70. The second kappa shape index (κ2) is 3.58. The zero-order valence-electron chi connectivity index (χ0n) is 7.83. The van der Waals surface area contributed by atoms with Gasteiger partial charge in [0.15, 0.2) is 0 Å². The van der Waals surface area contributed by atoms with Crippen molar-refractivity contribution in [1.29, 1.82) is 0 Å². The van der Waals surface area contributed by atoms with Crippen LogP contribution in [0.2, 0.25) is 0 Å². The van der Waals surface area contributed by atoms with Crippen molar-refractivity contribution in [3.8, 4) is 0 Å². The quantitative estimate of drug-likeness (QED) is 0.691. The van der Waals surface area contributed by atoms with E-state index in [2.05, 4.69) is 16.9 Å². The van der Waals surface area contributed by atoms with E-state index in [-0.39, 0.29) is 0 Å². The molecule has 1 unspecified atom stereocenters. The van der Waals surface area contributed by atoms with Crippen LogP contribution in [0.3, 0.4) is 0 Å². The molecule has 0 radical (unpaired) electrons. The number of hydrogen-bond donors (Lipinski definition) is 2. The first-order valence-electron chi connectivity index (χ1n) is 4.09. The maximum absolute atomic E-state index is 5.53. The Bertz CT molecular complexity index is 243. The van der Waals surface area contributed by atoms with E-state index in [4.69, 9.17) is 5.73 Å². The van der Waals surface area contributed by atoms with Crippen molar-refractivity contribution in [2.24, 2.45) is 5.73 Å². The minimum Gasteiger partial charge on any atom is -0.342 e. The molecular formula is C8H16N4. The lowest BCUT2D eigenvalue weighted by Crippen LogP contribution is -2.35. The van der Waals surface area contributed by atoms with Crippen molar-refractivity contribution < 1.29 is 0 Å². The molecule has 4 heteroatoms. The van der Waals surface area contributed by atoms with Gasteiger partial charge in [-0.3, -0.25) is 0 Å². The Labute approximate surface area is 72.8 Å². The minimum atomic E-state index is 0.315. The Hall–Kier alpha value is -1.03. The average Bonchev–Trinajstić information content (AvgIpc) is 2.49. The number of rotatable bonds is 3. The highest BCUT2D eigenvalue weighted by molar-refractivity contribution is 5.31. The molecule has 1 heterocycles. The summed E-state index contributed by atoms with van der Waals surface area (Å²) in [5, 5.41) is 0. The van der Waals surface area contributed by atoms with Crippen LogP contribution in [0.5, 0.6) is 0 Å². The van der Waals surface area contributed by atoms with Gasteiger partial charge in [0.25, 0.3) is 0 Å². The van der Waals surface area contributed by atoms with E-state index in [9.17, 15) is 0 Å². The van der Waals surface area contributed by atoms with E-state index >= 15 is 0 Å². The van der Waals surface area contributed by atoms with Gasteiger partial charge in [0.05, 0.1) is 0 Å². The third kappa shape index (κ3) is 1.76. The molecule has 0 fully saturated rings. The monoisotopic (exact) mass is 168 g/mol. The van der Waals surface area contributed by atoms with Gasteiger partial charge in [-0.1, -0.05) is 0 Å². The molecule has 68 valence electrons. The van der Waals surface area contributed by atoms with Gasteiger partial charge in [0.1, 0.15) is 0 Å². The molecular weight excluding hydrogens is 152 g/mol. The third-order valence-corrected chi connectivity index (χ3v) is 2.03. The summed E-state index contributed by atoms with van der Waals surface area (Å²) in [4.78, 5) is 9.38. The van der Waals surface area contributed by atoms with Crippen molar-refractivity contribution in [2.45, 2.75) is 19.9 Å². The van der Waals surface area contributed by atoms with Crippen molar-refractivity contribution in [1.82, 2.24) is 9.97 Å². The van der Waals surface area contributed by atoms with E-state index in [1.807, 2.05) is 25.1 Å². The molecule has 1 atom stereocenters. The number of H-pyrrole nitrogens is 1. The molecule has 0 saturated carbocycles. The Morgan fingerprint density at radius 1 is 1.75 bits per heavy atom. The van der Waals surface area contributed by atoms with Crippen LogP contribution in [-0.2, 0) is 0 Å². The third-order valence-electron chi connectivity index (χ3n) is 2.03. The van der Waals surface area contributed by atoms with Gasteiger partial charge in [-0.15, -0.1) is 0 Å². The lowest BCUT2D eigenvalue weighted by molar-refractivity contribution is 0.681. The summed E-state index contributed by atoms with van der Waals surface area (Å²) < 4.78 is 0. The summed E-state index contributed by atoms with van der Waals surface area (Å²) in [5.41, 5.74) is 6.60. The van der Waals surface area contributed by atoms with E-state index in [0.717, 1.165) is 11.6 Å². The van der Waals surface area contributed by atoms with Gasteiger partial charge < -0.3 is 15.6 Å². The highest BCUT2D eigenvalue weighted by atomic mass is 15.3. The predicted octanol–water partition coefficient (Wildman–Crippen LogP) is 0.502. The van der Waals surface area contributed by atoms with Crippen LogP contribution in [0.4, 0.5) is 5.95 Å². The molecule has 1 aromatic heterocycles. The van der Waals surface area contributed by atoms with Gasteiger partial charge in [0.2, 0.25) is 5.95 Å². The lowest BCUT2D eigenvalue weighted by Gasteiger charge is -2.22. The maximum atomic E-state index is 5.53. The van der Waals surface area contributed by atoms with Gasteiger partial charge in [-0.2, -0.15) is 0 Å². The lowest BCUT2D eigenvalue weighted by atomic mass is 10.3. The molecule has 0 aliphatic heterocycles. The van der Waals surface area contributed by atoms with Crippen molar-refractivity contribution in [3.63, 3.8) is 0 Å². The van der Waals surface area contributed by atoms with Gasteiger partial charge in [-0.05, 0) is 13.8 Å². The number of anilines is 1. The maximum Gasteiger partial charge on any atom is 0.202 e. The second-order valence-electron chi connectivity index (χ2n) is 3.09. The number of aromatic nitrogens is 2. The molecule has 0 saturated heterocycles. The number of likely N-dealkylation sites (N-methyl/N-ethyl adjacent to an activating group) is 1. The summed E-state index contributed by atoms with van der Waals surface area (Å²) in [7, 11) is 1.98. The SMILES string of the molecule is Cc1cnc(N(C)C(C)CN)[nH]1. The molecule has 0 aromatic carbocycles. The number of nitrogens with zero attached hydrogens (tertiary/aromatic N) is 2. The fourth-order valence-corrected chi connectivity index (χ4v) is 0.945. The number of aromatic amines is 1. The first kappa shape index (κ1) is 9.06. The molecule has 4 nitrogen and oxygen atoms in total. The number of hydrogen-bond acceptors (Lipinski definition) is 3. The molecule has 0 amide bonds. The van der Waals surface area contributed by atoms with Crippen LogP contribution in [0.1, 0.15) is 12.6 Å². The highest BCUT2D eigenvalue weighted by Crippen LogP contribution is 2.08. The Morgan fingerprint density at radius 2 is 2.42 bits per heavy atom. The standard InChI is InChI=1S/C8H16N4/c1-6-5-10-8(11-6)12(3)7(2)4-9/h5,7H,4,9H2,1-3H3,(H,10,11). The van der Waals surface area contributed by atoms with E-state index in [0.29, 0.717) is 12.6 Å². The summed E-state index contributed by atoms with van der Waals surface area (Å²) in [6, 6.07) is 0.315. The smallest absolute Gasteiger partial charge is 0.202 e. The van der Waals surface area contributed by atoms with E-state index < -0.39 is 0 Å². The Morgan fingerprint density at radius 3 is 2.83 bits per heavy atom. The first-order chi connectivity index (χ1) is 5.65. The van der Waals surface area contributed by atoms with Crippen LogP contribution in [-0.4, -0.2) is 29.6 Å². The van der Waals surface area contributed by atoms with Crippen molar-refractivity contribution >= 4 is 5.95 Å². The van der Waals surface area contributed by atoms with E-state index in [1.165, 1.54) is 0 Å². The first-order valence-corrected chi connectivity index (χ1v) is 4.09. The molecule has 3 N–H and O–H groups in total. The summed E-state index contributed by atoms with van der Waals surface area (Å²) >= 11 is 0. The van der Waals surface area contributed by atoms with Crippen LogP contribution in [0.15, 0.2) is 6.20 Å². The number of nitrogens with two attached hydrogens (primary N) is 1. The summed E-state index contributed by atoms with van der Waals surface area (Å²) in [6.07, 6.45) is 1.81. The van der Waals surface area contributed by atoms with Gasteiger partial charge in [-0.25, -0.2) is 4.98 Å². The van der Waals surface area contributed by atoms with Crippen LogP contribution < -0.4 is 10.6 Å². The highest BCUT2D eigenvalue weighted by Gasteiger charge is 2.09. The predicted molar refractivity (Wildman–Crippen MR) is 50.2 cm³/mol. The topological polar surface area (TPSA) is 57.9 Å². The summed E-state index contributed by atoms with van der Waals surface area (Å²) in [6.45, 7) is 4.69. The normalized spacial score (nSPS) is 13.0. The molecule has 0 aliphatic carbocycles. The fraction of sp³-hybridized carbons (Fsp3) is 0.625. The van der Waals surface area contributed by atoms with Crippen molar-refractivity contribution in [3.05, 3.63) is 11.9 Å². The molecule has 0 bridgehead atoms. The molecule has 0 spiro atoms. The average molecular weight is 168 g/mol. The molecule has 1 rings (SSSR count). The zero-order chi connectivity index (χ0) is 9.14. The molecule has 12 heavy (non-hydrogen) atoms. The molecule has 0 aliphatic rings. The second-order valence-corrected chi connectivity index (χ2v) is 3.09. The Kier molecular flexibility index (Phi) is 2.70. The fourth-order valence-electron chi connectivity index (χ4n) is 0.945. The van der Waals surface area contributed by atoms with Crippen LogP contribution in [0, 0.1) is 6.92 Å². The number of nitrogens with one attached hydrogen (secondary N) is 1. The largest absolute Gasteiger partial charge is 0.342 e. The molecule has 1 aromatic rings. The summed E-state index contributed by atoms with van der Waals surface area (Å²) in [5.74, 6) is 0.880. The zero-order valence-corrected chi connectivity index (χ0v) is 7.83. The van der Waals surface area contributed by atoms with Gasteiger partial charge >= 0.3 is 0 Å².